The summed E-state index contributed by atoms with van der Waals surface area (Å²) in [7, 11) is 0. The number of halogens is 1. The minimum Gasteiger partial charge on any atom is -0.494 e. The number of rotatable bonds is 7. The molecular weight excluding hydrogens is 235 g/mol. The van der Waals surface area contributed by atoms with E-state index in [4.69, 9.17) is 4.74 Å². The fourth-order valence-electron chi connectivity index (χ4n) is 1.81. The monoisotopic (exact) mass is 256 g/mol. The lowest BCUT2D eigenvalue weighted by atomic mass is 10.0. The number of aryl methyl sites for hydroxylation is 1. The van der Waals surface area contributed by atoms with Crippen LogP contribution in [0.2, 0.25) is 0 Å². The highest BCUT2D eigenvalue weighted by Crippen LogP contribution is 2.22. The van der Waals surface area contributed by atoms with E-state index in [0.717, 1.165) is 5.56 Å². The molecule has 0 saturated heterocycles. The number of benzene rings is 1. The van der Waals surface area contributed by atoms with E-state index in [2.05, 4.69) is 0 Å². The predicted molar refractivity (Wildman–Crippen MR) is 68.2 cm³/mol. The molecule has 1 rings (SSSR count). The van der Waals surface area contributed by atoms with Crippen molar-refractivity contribution >= 4 is 0 Å². The third-order valence-corrected chi connectivity index (χ3v) is 2.89. The third-order valence-electron chi connectivity index (χ3n) is 2.89. The van der Waals surface area contributed by atoms with Crippen LogP contribution in [0.4, 0.5) is 4.39 Å². The molecule has 4 heteroatoms. The second-order valence-corrected chi connectivity index (χ2v) is 4.27. The van der Waals surface area contributed by atoms with Crippen LogP contribution in [0.3, 0.4) is 0 Å². The topological polar surface area (TPSA) is 49.7 Å². The molecule has 2 unspecified atom stereocenters. The second kappa shape index (κ2) is 7.34. The number of aliphatic hydroxyl groups is 2. The number of aliphatic hydroxyl groups excluding tert-OH is 2. The lowest BCUT2D eigenvalue weighted by molar-refractivity contribution is 0.0129. The molecule has 2 atom stereocenters. The van der Waals surface area contributed by atoms with Crippen molar-refractivity contribution in [3.05, 3.63) is 29.6 Å². The highest BCUT2D eigenvalue weighted by Gasteiger charge is 2.15. The third kappa shape index (κ3) is 4.27. The van der Waals surface area contributed by atoms with Crippen LogP contribution in [0, 0.1) is 5.82 Å². The maximum atomic E-state index is 13.2. The van der Waals surface area contributed by atoms with E-state index in [0.29, 0.717) is 31.6 Å². The minimum absolute atomic E-state index is 0.320. The molecule has 102 valence electrons. The van der Waals surface area contributed by atoms with Crippen molar-refractivity contribution in [1.82, 2.24) is 0 Å². The van der Waals surface area contributed by atoms with Gasteiger partial charge in [-0.2, -0.15) is 0 Å². The first-order chi connectivity index (χ1) is 8.58. The highest BCUT2D eigenvalue weighted by molar-refractivity contribution is 5.34. The molecule has 1 aromatic rings. The van der Waals surface area contributed by atoms with Crippen molar-refractivity contribution < 1.29 is 19.3 Å². The molecule has 18 heavy (non-hydrogen) atoms. The van der Waals surface area contributed by atoms with Gasteiger partial charge < -0.3 is 14.9 Å². The normalized spacial score (nSPS) is 14.3. The first-order valence-corrected chi connectivity index (χ1v) is 6.35. The van der Waals surface area contributed by atoms with E-state index in [1.54, 1.807) is 6.07 Å². The first-order valence-electron chi connectivity index (χ1n) is 6.35. The van der Waals surface area contributed by atoms with Gasteiger partial charge in [-0.05, 0) is 49.9 Å². The van der Waals surface area contributed by atoms with E-state index in [9.17, 15) is 14.6 Å². The summed E-state index contributed by atoms with van der Waals surface area (Å²) in [6.45, 7) is 4.18. The van der Waals surface area contributed by atoms with Gasteiger partial charge in [0.1, 0.15) is 11.6 Å². The van der Waals surface area contributed by atoms with E-state index < -0.39 is 12.2 Å². The molecule has 0 aromatic heterocycles. The molecule has 0 saturated carbocycles. The van der Waals surface area contributed by atoms with Gasteiger partial charge in [0.25, 0.3) is 0 Å². The molecule has 1 aromatic carbocycles. The molecule has 0 aliphatic heterocycles. The van der Waals surface area contributed by atoms with Crippen molar-refractivity contribution in [1.29, 1.82) is 0 Å². The van der Waals surface area contributed by atoms with Gasteiger partial charge in [-0.25, -0.2) is 4.39 Å². The smallest absolute Gasteiger partial charge is 0.123 e. The fraction of sp³-hybridized carbons (Fsp3) is 0.571. The van der Waals surface area contributed by atoms with Gasteiger partial charge in [0.2, 0.25) is 0 Å². The molecule has 3 nitrogen and oxygen atoms in total. The van der Waals surface area contributed by atoms with Crippen LogP contribution in [0.5, 0.6) is 5.75 Å². The Balaban J connectivity index is 2.67. The fourth-order valence-corrected chi connectivity index (χ4v) is 1.81. The molecule has 0 amide bonds. The van der Waals surface area contributed by atoms with E-state index >= 15 is 0 Å². The zero-order valence-corrected chi connectivity index (χ0v) is 10.9. The zero-order chi connectivity index (χ0) is 13.5. The summed E-state index contributed by atoms with van der Waals surface area (Å²) in [5.41, 5.74) is 0.721. The standard InChI is InChI=1S/C14H21FO3/c1-3-12(16)13(17)7-5-10-9-11(15)6-8-14(10)18-4-2/h6,8-9,12-13,16-17H,3-5,7H2,1-2H3. The Kier molecular flexibility index (Phi) is 6.09. The van der Waals surface area contributed by atoms with Gasteiger partial charge in [0.15, 0.2) is 0 Å². The van der Waals surface area contributed by atoms with Crippen LogP contribution in [0.15, 0.2) is 18.2 Å². The Labute approximate surface area is 107 Å². The van der Waals surface area contributed by atoms with Crippen molar-refractivity contribution in [2.75, 3.05) is 6.61 Å². The van der Waals surface area contributed by atoms with Gasteiger partial charge >= 0.3 is 0 Å². The van der Waals surface area contributed by atoms with Gasteiger partial charge in [0, 0.05) is 0 Å². The molecule has 0 aliphatic carbocycles. The van der Waals surface area contributed by atoms with E-state index in [-0.39, 0.29) is 5.82 Å². The molecule has 0 radical (unpaired) electrons. The summed E-state index contributed by atoms with van der Waals surface area (Å²) in [5, 5.41) is 19.2. The highest BCUT2D eigenvalue weighted by atomic mass is 19.1. The average molecular weight is 256 g/mol. The van der Waals surface area contributed by atoms with E-state index in [1.165, 1.54) is 12.1 Å². The van der Waals surface area contributed by atoms with Gasteiger partial charge in [-0.1, -0.05) is 6.92 Å². The molecule has 0 heterocycles. The summed E-state index contributed by atoms with van der Waals surface area (Å²) in [6.07, 6.45) is -0.145. The summed E-state index contributed by atoms with van der Waals surface area (Å²) in [6, 6.07) is 4.36. The van der Waals surface area contributed by atoms with Crippen LogP contribution >= 0.6 is 0 Å². The Morgan fingerprint density at radius 2 is 1.94 bits per heavy atom. The molecular formula is C14H21FO3. The lowest BCUT2D eigenvalue weighted by Gasteiger charge is -2.17. The Morgan fingerprint density at radius 1 is 1.22 bits per heavy atom. The Morgan fingerprint density at radius 3 is 2.56 bits per heavy atom. The average Bonchev–Trinajstić information content (AvgIpc) is 2.37. The van der Waals surface area contributed by atoms with Gasteiger partial charge in [-0.3, -0.25) is 0 Å². The van der Waals surface area contributed by atoms with Crippen LogP contribution in [-0.4, -0.2) is 29.0 Å². The maximum absolute atomic E-state index is 13.2. The van der Waals surface area contributed by atoms with E-state index in [1.807, 2.05) is 13.8 Å². The number of hydrogen-bond acceptors (Lipinski definition) is 3. The summed E-state index contributed by atoms with van der Waals surface area (Å²) >= 11 is 0. The Hall–Kier alpha value is -1.13. The molecule has 2 N–H and O–H groups in total. The maximum Gasteiger partial charge on any atom is 0.123 e. The van der Waals surface area contributed by atoms with Crippen molar-refractivity contribution in [3.63, 3.8) is 0 Å². The molecule has 0 aliphatic rings. The van der Waals surface area contributed by atoms with Crippen LogP contribution in [0.25, 0.3) is 0 Å². The largest absolute Gasteiger partial charge is 0.494 e. The van der Waals surface area contributed by atoms with Gasteiger partial charge in [0.05, 0.1) is 18.8 Å². The lowest BCUT2D eigenvalue weighted by Crippen LogP contribution is -2.25. The van der Waals surface area contributed by atoms with Crippen LogP contribution < -0.4 is 4.74 Å². The van der Waals surface area contributed by atoms with Crippen LogP contribution in [-0.2, 0) is 6.42 Å². The molecule has 0 bridgehead atoms. The summed E-state index contributed by atoms with van der Waals surface area (Å²) < 4.78 is 18.6. The van der Waals surface area contributed by atoms with Crippen LogP contribution in [0.1, 0.15) is 32.3 Å². The number of ether oxygens (including phenoxy) is 1. The first kappa shape index (κ1) is 14.9. The van der Waals surface area contributed by atoms with Gasteiger partial charge in [-0.15, -0.1) is 0 Å². The van der Waals surface area contributed by atoms with Crippen molar-refractivity contribution in [2.45, 2.75) is 45.3 Å². The minimum atomic E-state index is -0.784. The molecule has 0 spiro atoms. The number of hydrogen-bond donors (Lipinski definition) is 2. The summed E-state index contributed by atoms with van der Waals surface area (Å²) in [4.78, 5) is 0. The summed E-state index contributed by atoms with van der Waals surface area (Å²) in [5.74, 6) is 0.316. The second-order valence-electron chi connectivity index (χ2n) is 4.27. The van der Waals surface area contributed by atoms with Crippen molar-refractivity contribution in [2.24, 2.45) is 0 Å². The van der Waals surface area contributed by atoms with Crippen molar-refractivity contribution in [3.8, 4) is 5.75 Å². The SMILES string of the molecule is CCOc1ccc(F)cc1CCC(O)C(O)CC. The Bertz CT molecular complexity index is 368. The quantitative estimate of drug-likeness (QED) is 0.787. The predicted octanol–water partition coefficient (Wildman–Crippen LogP) is 2.29. The zero-order valence-electron chi connectivity index (χ0n) is 10.9. The molecule has 0 fully saturated rings.